The van der Waals surface area contributed by atoms with Crippen molar-refractivity contribution in [2.45, 2.75) is 94.2 Å². The summed E-state index contributed by atoms with van der Waals surface area (Å²) < 4.78 is 97.6. The van der Waals surface area contributed by atoms with E-state index in [-0.39, 0.29) is 24.4 Å². The topological polar surface area (TPSA) is 232 Å². The number of anilines is 2. The monoisotopic (exact) mass is 1600 g/mol. The fourth-order valence-electron chi connectivity index (χ4n) is 7.14. The zero-order valence-electron chi connectivity index (χ0n) is 43.4. The van der Waals surface area contributed by atoms with Gasteiger partial charge in [0.1, 0.15) is 14.1 Å². The van der Waals surface area contributed by atoms with Crippen molar-refractivity contribution in [1.29, 1.82) is 0 Å². The Hall–Kier alpha value is -5.56. The van der Waals surface area contributed by atoms with E-state index < -0.39 is 149 Å². The summed E-state index contributed by atoms with van der Waals surface area (Å²) in [7, 11) is -2.99. The number of aromatic nitrogens is 4. The van der Waals surface area contributed by atoms with Crippen molar-refractivity contribution in [3.05, 3.63) is 167 Å². The molecule has 6 atom stereocenters. The number of halogens is 5. The molecule has 0 bridgehead atoms. The van der Waals surface area contributed by atoms with Crippen molar-refractivity contribution in [2.75, 3.05) is 23.9 Å². The van der Waals surface area contributed by atoms with Crippen LogP contribution in [0.3, 0.4) is 0 Å². The predicted octanol–water partition coefficient (Wildman–Crippen LogP) is 7.92. The number of rotatable bonds is 17. The fraction of sp³-hybridized carbons (Fsp3) is 0.321. The molecule has 27 heteroatoms. The minimum atomic E-state index is -3.83. The third-order valence-electron chi connectivity index (χ3n) is 10.6. The molecule has 2 saturated heterocycles. The molecule has 0 amide bonds. The van der Waals surface area contributed by atoms with Crippen LogP contribution >= 0.6 is 15.9 Å². The van der Waals surface area contributed by atoms with Crippen LogP contribution in [0.25, 0.3) is 0 Å². The normalized spacial score (nSPS) is 19.7. The van der Waals surface area contributed by atoms with Crippen LogP contribution in [0, 0.1) is 0 Å². The number of benzene rings is 4. The molecule has 6 aromatic rings. The van der Waals surface area contributed by atoms with Gasteiger partial charge in [-0.15, -0.1) is 0 Å². The molecule has 80 heavy (non-hydrogen) atoms. The van der Waals surface area contributed by atoms with Gasteiger partial charge in [-0.3, -0.25) is 0 Å². The van der Waals surface area contributed by atoms with Gasteiger partial charge in [-0.05, 0) is 25.7 Å². The van der Waals surface area contributed by atoms with Crippen LogP contribution in [0.4, 0.5) is 38.8 Å². The van der Waals surface area contributed by atoms with Gasteiger partial charge in [-0.2, -0.15) is 4.98 Å². The SMILES string of the molecule is C.C[Si](C)(C)Nc1ccnc(O[Si](C)(C)C)n1.Nc1ccn([C@@H]2O[C@H](COC(=O)c3ccccc3)C(O[C](=O)[BiH][c]3ccccc3)C2(F)F)c(=O)n1.O=[C](OC1[C@@H](COC(=O)c2ccccc2)O[C@H](Br)C1(F)F)[BiH][c]1ccccc1. The molecule has 8 rings (SSSR count). The number of nitrogen functional groups attached to an aromatic ring is 1. The Balaban J connectivity index is 0.000000234. The van der Waals surface area contributed by atoms with Crippen LogP contribution in [0.5, 0.6) is 6.01 Å². The van der Waals surface area contributed by atoms with Crippen molar-refractivity contribution in [3.8, 4) is 6.01 Å². The predicted molar refractivity (Wildman–Crippen MR) is 304 cm³/mol. The molecule has 3 N–H and O–H groups in total. The van der Waals surface area contributed by atoms with Gasteiger partial charge < -0.3 is 9.41 Å². The first-order valence-corrected chi connectivity index (χ1v) is 39.7. The van der Waals surface area contributed by atoms with Crippen molar-refractivity contribution >= 4 is 116 Å². The zero-order chi connectivity index (χ0) is 57.5. The number of nitrogens with one attached hydrogen (secondary N) is 1. The van der Waals surface area contributed by atoms with E-state index in [9.17, 15) is 32.8 Å². The van der Waals surface area contributed by atoms with Crippen molar-refractivity contribution < 1.29 is 69.6 Å². The van der Waals surface area contributed by atoms with Gasteiger partial charge in [-0.25, -0.2) is 4.98 Å². The van der Waals surface area contributed by atoms with Crippen molar-refractivity contribution in [2.24, 2.45) is 0 Å². The number of nitrogens with two attached hydrogens (primary N) is 1. The first-order chi connectivity index (χ1) is 37.3. The van der Waals surface area contributed by atoms with Crippen LogP contribution in [0.1, 0.15) is 34.4 Å². The third kappa shape index (κ3) is 19.6. The molecule has 2 aliphatic rings. The second-order valence-electron chi connectivity index (χ2n) is 19.3. The summed E-state index contributed by atoms with van der Waals surface area (Å²) in [6, 6.07) is 37.3. The number of nitrogens with zero attached hydrogens (tertiary/aromatic N) is 4. The third-order valence-corrected chi connectivity index (χ3v) is 20.6. The fourth-order valence-corrected chi connectivity index (χ4v) is 15.3. The zero-order valence-corrected chi connectivity index (χ0v) is 54.8. The van der Waals surface area contributed by atoms with Crippen LogP contribution < -0.4 is 27.4 Å². The van der Waals surface area contributed by atoms with Gasteiger partial charge in [0.2, 0.25) is 8.32 Å². The standard InChI is InChI=1S/C17H14F2N3O6.C13H10BrF2O5.C10H21N3OSi2.2C6H5.CH4.2Bi.2H/c18-17(19)13(27-9-23)11(8-26-14(24)10-4-2-1-3-5-10)28-15(17)22-7-6-12(20)21-16(22)25;14-12-13(15,16)10(20-7-17)9(21-12)6-19-11(18)8-4-2-1-3-5-8;1-15(2,3)13-9-7-8-11-10(12-9)14-16(4,5)6;2*1-2-4-6-5-3-1;;;;;/h1-7,11,13,15H,8H2,(H2,20,21,25);1-5,9-10,12H,6H2;7-8H,1-6H3,(H,11,12,13);2*1-5H;1H4;;;;/t11-,13?,15-;9-,10?,12+;;;;;;;;/m11......../s1. The summed E-state index contributed by atoms with van der Waals surface area (Å²) in [5.41, 5.74) is 4.88. The summed E-state index contributed by atoms with van der Waals surface area (Å²) in [5, 5.41) is -1.64. The summed E-state index contributed by atoms with van der Waals surface area (Å²) in [5.74, 6) is -8.00. The molecule has 2 fully saturated rings. The van der Waals surface area contributed by atoms with Crippen LogP contribution in [0.2, 0.25) is 39.3 Å². The molecule has 428 valence electrons. The van der Waals surface area contributed by atoms with E-state index in [1.54, 1.807) is 109 Å². The number of hydrogen-bond donors (Lipinski definition) is 2. The number of alkyl halides is 5. The molecule has 0 radical (unpaired) electrons. The molecule has 18 nitrogen and oxygen atoms in total. The molecule has 4 heterocycles. The molecule has 2 aromatic heterocycles. The average Bonchev–Trinajstić information content (AvgIpc) is 4.01. The summed E-state index contributed by atoms with van der Waals surface area (Å²) in [6.07, 6.45) is -6.11. The number of esters is 2. The van der Waals surface area contributed by atoms with E-state index in [1.165, 1.54) is 12.1 Å². The maximum atomic E-state index is 15.5. The number of ether oxygens (including phenoxy) is 6. The molecular formula is C53H61Bi2BrF4N6O12Si2. The molecule has 0 spiro atoms. The summed E-state index contributed by atoms with van der Waals surface area (Å²) >= 11 is -1.64. The molecule has 0 aliphatic carbocycles. The first kappa shape index (κ1) is 65.3. The Morgan fingerprint density at radius 3 is 1.57 bits per heavy atom. The second kappa shape index (κ2) is 29.4. The number of carbonyl (C=O) groups excluding carboxylic acids is 4. The molecule has 2 aliphatic heterocycles. The molecular weight excluding hydrogens is 1540 g/mol. The van der Waals surface area contributed by atoms with Gasteiger partial charge in [0.25, 0.3) is 0 Å². The van der Waals surface area contributed by atoms with E-state index in [1.807, 2.05) is 12.1 Å². The Morgan fingerprint density at radius 2 is 1.12 bits per heavy atom. The van der Waals surface area contributed by atoms with Gasteiger partial charge >= 0.3 is 396 Å². The first-order valence-electron chi connectivity index (χ1n) is 24.1. The number of hydrogen-bond acceptors (Lipinski definition) is 17. The average molecular weight is 1600 g/mol. The number of carbonyl (C=O) groups is 4. The molecule has 4 aromatic carbocycles. The Kier molecular flexibility index (Phi) is 24.0. The van der Waals surface area contributed by atoms with Gasteiger partial charge in [0, 0.05) is 6.20 Å². The van der Waals surface area contributed by atoms with Gasteiger partial charge in [0.05, 0.1) is 0 Å². The van der Waals surface area contributed by atoms with E-state index >= 15 is 8.78 Å². The van der Waals surface area contributed by atoms with Gasteiger partial charge in [-0.1, -0.05) is 27.1 Å². The van der Waals surface area contributed by atoms with Crippen molar-refractivity contribution in [1.82, 2.24) is 19.5 Å². The molecule has 2 unspecified atom stereocenters. The van der Waals surface area contributed by atoms with Gasteiger partial charge in [0.15, 0.2) is 0 Å². The minimum absolute atomic E-state index is 0. The van der Waals surface area contributed by atoms with Crippen LogP contribution in [-0.2, 0) is 28.4 Å². The summed E-state index contributed by atoms with van der Waals surface area (Å²) in [6.45, 7) is 12.0. The quantitative estimate of drug-likeness (QED) is 0.0290. The van der Waals surface area contributed by atoms with E-state index in [2.05, 4.69) is 75.1 Å². The Bertz CT molecular complexity index is 3020. The van der Waals surface area contributed by atoms with Crippen LogP contribution in [-0.4, -0.2) is 156 Å². The van der Waals surface area contributed by atoms with Crippen molar-refractivity contribution in [3.63, 3.8) is 0 Å². The maximum absolute atomic E-state index is 15.5. The Morgan fingerprint density at radius 1 is 0.675 bits per heavy atom. The second-order valence-corrected chi connectivity index (χ2v) is 38.9. The van der Waals surface area contributed by atoms with E-state index in [0.29, 0.717) is 10.6 Å². The Labute approximate surface area is 493 Å². The molecule has 0 saturated carbocycles. The summed E-state index contributed by atoms with van der Waals surface area (Å²) in [4.78, 5) is 76.8. The van der Waals surface area contributed by atoms with E-state index in [0.717, 1.165) is 24.6 Å². The van der Waals surface area contributed by atoms with E-state index in [4.69, 9.17) is 38.6 Å². The van der Waals surface area contributed by atoms with Crippen LogP contribution in [0.15, 0.2) is 151 Å².